The summed E-state index contributed by atoms with van der Waals surface area (Å²) in [5.41, 5.74) is 1.29. The monoisotopic (exact) mass is 384 g/mol. The van der Waals surface area contributed by atoms with Crippen molar-refractivity contribution in [2.45, 2.75) is 19.8 Å². The van der Waals surface area contributed by atoms with Crippen molar-refractivity contribution in [3.63, 3.8) is 0 Å². The number of hydrogen-bond acceptors (Lipinski definition) is 5. The highest BCUT2D eigenvalue weighted by Gasteiger charge is 2.24. The summed E-state index contributed by atoms with van der Waals surface area (Å²) in [4.78, 5) is 25.8. The second-order valence-corrected chi connectivity index (χ2v) is 6.28. The van der Waals surface area contributed by atoms with Crippen molar-refractivity contribution in [1.82, 2.24) is 0 Å². The molecule has 0 bridgehead atoms. The van der Waals surface area contributed by atoms with Crippen molar-refractivity contribution >= 4 is 23.2 Å². The molecule has 1 aliphatic rings. The SMILES string of the molecule is CCOc1ccc(OCC(=O)Nc2ccc(N3CCCC3=O)c(OC)c2)cc1. The summed E-state index contributed by atoms with van der Waals surface area (Å²) in [5.74, 6) is 1.67. The lowest BCUT2D eigenvalue weighted by atomic mass is 10.2. The number of carbonyl (C=O) groups excluding carboxylic acids is 2. The van der Waals surface area contributed by atoms with Crippen LogP contribution < -0.4 is 24.4 Å². The van der Waals surface area contributed by atoms with Crippen LogP contribution in [0.5, 0.6) is 17.2 Å². The molecule has 2 aromatic carbocycles. The van der Waals surface area contributed by atoms with E-state index < -0.39 is 0 Å². The Labute approximate surface area is 164 Å². The van der Waals surface area contributed by atoms with E-state index in [1.165, 1.54) is 0 Å². The van der Waals surface area contributed by atoms with Gasteiger partial charge in [0.1, 0.15) is 17.2 Å². The molecular weight excluding hydrogens is 360 g/mol. The first-order valence-corrected chi connectivity index (χ1v) is 9.24. The Bertz CT molecular complexity index is 835. The lowest BCUT2D eigenvalue weighted by Gasteiger charge is -2.19. The van der Waals surface area contributed by atoms with Crippen LogP contribution in [0.4, 0.5) is 11.4 Å². The largest absolute Gasteiger partial charge is 0.494 e. The van der Waals surface area contributed by atoms with Crippen LogP contribution >= 0.6 is 0 Å². The van der Waals surface area contributed by atoms with Gasteiger partial charge in [0.25, 0.3) is 5.91 Å². The van der Waals surface area contributed by atoms with Gasteiger partial charge in [-0.25, -0.2) is 0 Å². The van der Waals surface area contributed by atoms with Crippen molar-refractivity contribution in [2.24, 2.45) is 0 Å². The minimum Gasteiger partial charge on any atom is -0.494 e. The van der Waals surface area contributed by atoms with Gasteiger partial charge in [-0.05, 0) is 49.7 Å². The van der Waals surface area contributed by atoms with Gasteiger partial charge in [0.2, 0.25) is 5.91 Å². The standard InChI is InChI=1S/C21H24N2O5/c1-3-27-16-7-9-17(10-8-16)28-14-20(24)22-15-6-11-18(19(13-15)26-2)23-12-4-5-21(23)25/h6-11,13H,3-5,12,14H2,1-2H3,(H,22,24). The van der Waals surface area contributed by atoms with E-state index in [1.54, 1.807) is 54.5 Å². The summed E-state index contributed by atoms with van der Waals surface area (Å²) >= 11 is 0. The lowest BCUT2D eigenvalue weighted by Crippen LogP contribution is -2.24. The highest BCUT2D eigenvalue weighted by Crippen LogP contribution is 2.33. The molecule has 148 valence electrons. The molecule has 0 aromatic heterocycles. The molecule has 0 aliphatic carbocycles. The molecule has 7 nitrogen and oxygen atoms in total. The number of hydrogen-bond donors (Lipinski definition) is 1. The van der Waals surface area contributed by atoms with Crippen LogP contribution in [0.3, 0.4) is 0 Å². The third kappa shape index (κ3) is 4.73. The summed E-state index contributed by atoms with van der Waals surface area (Å²) in [6.45, 7) is 3.07. The Balaban J connectivity index is 1.58. The smallest absolute Gasteiger partial charge is 0.262 e. The van der Waals surface area contributed by atoms with Crippen LogP contribution in [0.1, 0.15) is 19.8 Å². The van der Waals surface area contributed by atoms with E-state index in [0.29, 0.717) is 42.4 Å². The van der Waals surface area contributed by atoms with Crippen molar-refractivity contribution < 1.29 is 23.8 Å². The Kier molecular flexibility index (Phi) is 6.37. The molecule has 7 heteroatoms. The van der Waals surface area contributed by atoms with Crippen LogP contribution in [0.2, 0.25) is 0 Å². The van der Waals surface area contributed by atoms with Crippen LogP contribution in [0.25, 0.3) is 0 Å². The number of nitrogens with zero attached hydrogens (tertiary/aromatic N) is 1. The number of benzene rings is 2. The van der Waals surface area contributed by atoms with Crippen LogP contribution in [-0.4, -0.2) is 38.7 Å². The highest BCUT2D eigenvalue weighted by atomic mass is 16.5. The molecule has 0 unspecified atom stereocenters. The molecule has 3 rings (SSSR count). The van der Waals surface area contributed by atoms with Gasteiger partial charge >= 0.3 is 0 Å². The second-order valence-electron chi connectivity index (χ2n) is 6.28. The number of anilines is 2. The van der Waals surface area contributed by atoms with Gasteiger partial charge < -0.3 is 24.4 Å². The van der Waals surface area contributed by atoms with Crippen LogP contribution in [-0.2, 0) is 9.59 Å². The van der Waals surface area contributed by atoms with E-state index in [9.17, 15) is 9.59 Å². The zero-order valence-corrected chi connectivity index (χ0v) is 16.1. The molecule has 1 N–H and O–H groups in total. The van der Waals surface area contributed by atoms with Crippen LogP contribution in [0, 0.1) is 0 Å². The lowest BCUT2D eigenvalue weighted by molar-refractivity contribution is -0.118. The van der Waals surface area contributed by atoms with E-state index in [0.717, 1.165) is 12.2 Å². The Morgan fingerprint density at radius 2 is 1.82 bits per heavy atom. The zero-order chi connectivity index (χ0) is 19.9. The average molecular weight is 384 g/mol. The molecule has 0 spiro atoms. The molecule has 0 radical (unpaired) electrons. The van der Waals surface area contributed by atoms with Gasteiger partial charge in [-0.1, -0.05) is 0 Å². The number of nitrogens with one attached hydrogen (secondary N) is 1. The fourth-order valence-electron chi connectivity index (χ4n) is 3.03. The molecule has 1 saturated heterocycles. The van der Waals surface area contributed by atoms with E-state index in [2.05, 4.69) is 5.32 Å². The Morgan fingerprint density at radius 3 is 2.43 bits per heavy atom. The third-order valence-electron chi connectivity index (χ3n) is 4.33. The predicted octanol–water partition coefficient (Wildman–Crippen LogP) is 3.24. The van der Waals surface area contributed by atoms with E-state index in [1.807, 2.05) is 6.92 Å². The van der Waals surface area contributed by atoms with Gasteiger partial charge in [-0.15, -0.1) is 0 Å². The summed E-state index contributed by atoms with van der Waals surface area (Å²) in [5, 5.41) is 2.78. The van der Waals surface area contributed by atoms with E-state index in [-0.39, 0.29) is 18.4 Å². The number of carbonyl (C=O) groups is 2. The molecule has 2 aromatic rings. The van der Waals surface area contributed by atoms with Crippen LogP contribution in [0.15, 0.2) is 42.5 Å². The number of methoxy groups -OCH3 is 1. The van der Waals surface area contributed by atoms with Gasteiger partial charge in [0.15, 0.2) is 6.61 Å². The first-order valence-electron chi connectivity index (χ1n) is 9.24. The first kappa shape index (κ1) is 19.5. The fourth-order valence-corrected chi connectivity index (χ4v) is 3.03. The normalized spacial score (nSPS) is 13.4. The second kappa shape index (κ2) is 9.12. The predicted molar refractivity (Wildman–Crippen MR) is 106 cm³/mol. The molecule has 1 aliphatic heterocycles. The number of rotatable bonds is 8. The molecule has 1 heterocycles. The average Bonchev–Trinajstić information content (AvgIpc) is 3.13. The molecule has 0 atom stereocenters. The molecule has 28 heavy (non-hydrogen) atoms. The van der Waals surface area contributed by atoms with E-state index in [4.69, 9.17) is 14.2 Å². The first-order chi connectivity index (χ1) is 13.6. The van der Waals surface area contributed by atoms with Crippen molar-refractivity contribution in [3.05, 3.63) is 42.5 Å². The van der Waals surface area contributed by atoms with Gasteiger partial charge in [-0.3, -0.25) is 9.59 Å². The number of ether oxygens (including phenoxy) is 3. The molecule has 1 fully saturated rings. The maximum absolute atomic E-state index is 12.2. The van der Waals surface area contributed by atoms with Gasteiger partial charge in [0, 0.05) is 24.7 Å². The van der Waals surface area contributed by atoms with Crippen molar-refractivity contribution in [2.75, 3.05) is 37.1 Å². The third-order valence-corrected chi connectivity index (χ3v) is 4.33. The van der Waals surface area contributed by atoms with Crippen molar-refractivity contribution in [3.8, 4) is 17.2 Å². The minimum absolute atomic E-state index is 0.0823. The molecular formula is C21H24N2O5. The highest BCUT2D eigenvalue weighted by molar-refractivity contribution is 5.98. The molecule has 2 amide bonds. The fraction of sp³-hybridized carbons (Fsp3) is 0.333. The summed E-state index contributed by atoms with van der Waals surface area (Å²) in [6.07, 6.45) is 1.38. The van der Waals surface area contributed by atoms with Gasteiger partial charge in [-0.2, -0.15) is 0 Å². The Morgan fingerprint density at radius 1 is 1.11 bits per heavy atom. The molecule has 0 saturated carbocycles. The maximum atomic E-state index is 12.2. The summed E-state index contributed by atoms with van der Waals surface area (Å²) < 4.78 is 16.3. The maximum Gasteiger partial charge on any atom is 0.262 e. The summed E-state index contributed by atoms with van der Waals surface area (Å²) in [6, 6.07) is 12.3. The topological polar surface area (TPSA) is 77.1 Å². The quantitative estimate of drug-likeness (QED) is 0.756. The Hall–Kier alpha value is -3.22. The summed E-state index contributed by atoms with van der Waals surface area (Å²) in [7, 11) is 1.54. The van der Waals surface area contributed by atoms with E-state index >= 15 is 0 Å². The minimum atomic E-state index is -0.291. The zero-order valence-electron chi connectivity index (χ0n) is 16.1. The number of amides is 2. The van der Waals surface area contributed by atoms with Crippen molar-refractivity contribution in [1.29, 1.82) is 0 Å². The van der Waals surface area contributed by atoms with Gasteiger partial charge in [0.05, 0.1) is 19.4 Å².